The molecule has 6 nitrogen and oxygen atoms in total. The van der Waals surface area contributed by atoms with Crippen LogP contribution in [0.2, 0.25) is 0 Å². The summed E-state index contributed by atoms with van der Waals surface area (Å²) in [4.78, 5) is 13.9. The molecule has 1 N–H and O–H groups in total. The molecule has 124 valence electrons. The summed E-state index contributed by atoms with van der Waals surface area (Å²) in [7, 11) is 0. The normalized spacial score (nSPS) is 16.5. The lowest BCUT2D eigenvalue weighted by Gasteiger charge is -2.32. The van der Waals surface area contributed by atoms with Gasteiger partial charge < -0.3 is 15.0 Å². The van der Waals surface area contributed by atoms with E-state index in [1.807, 2.05) is 43.5 Å². The molecule has 0 saturated carbocycles. The molecule has 1 aliphatic rings. The average molecular weight is 308 g/mol. The average Bonchev–Trinajstić information content (AvgIpc) is 2.93. The molecular formula is C16H28N4O2. The van der Waals surface area contributed by atoms with E-state index in [-0.39, 0.29) is 18.2 Å². The van der Waals surface area contributed by atoms with Crippen LogP contribution < -0.4 is 5.32 Å². The number of amides is 2. The minimum atomic E-state index is 0.0416. The number of nitrogens with one attached hydrogen (secondary N) is 1. The monoisotopic (exact) mass is 308 g/mol. The van der Waals surface area contributed by atoms with Crippen LogP contribution >= 0.6 is 0 Å². The lowest BCUT2D eigenvalue weighted by atomic mass is 10.1. The van der Waals surface area contributed by atoms with Crippen molar-refractivity contribution in [3.8, 4) is 0 Å². The minimum absolute atomic E-state index is 0.0416. The molecule has 1 aliphatic heterocycles. The summed E-state index contributed by atoms with van der Waals surface area (Å²) in [5.41, 5.74) is 1.11. The van der Waals surface area contributed by atoms with Gasteiger partial charge >= 0.3 is 6.03 Å². The first kappa shape index (κ1) is 16.8. The third-order valence-electron chi connectivity index (χ3n) is 3.78. The van der Waals surface area contributed by atoms with E-state index in [4.69, 9.17) is 4.74 Å². The van der Waals surface area contributed by atoms with Gasteiger partial charge in [-0.25, -0.2) is 4.79 Å². The van der Waals surface area contributed by atoms with E-state index in [1.165, 1.54) is 0 Å². The van der Waals surface area contributed by atoms with Crippen LogP contribution in [0.1, 0.15) is 52.1 Å². The van der Waals surface area contributed by atoms with E-state index in [2.05, 4.69) is 16.6 Å². The fourth-order valence-electron chi connectivity index (χ4n) is 2.59. The van der Waals surface area contributed by atoms with Crippen LogP contribution in [0.15, 0.2) is 12.4 Å². The number of piperidine rings is 1. The number of ether oxygens (including phenoxy) is 1. The van der Waals surface area contributed by atoms with E-state index < -0.39 is 0 Å². The number of aromatic nitrogens is 2. The number of carbonyl (C=O) groups excluding carboxylic acids is 1. The Hall–Kier alpha value is -1.56. The maximum absolute atomic E-state index is 12.0. The van der Waals surface area contributed by atoms with Gasteiger partial charge in [0.1, 0.15) is 0 Å². The molecule has 0 aliphatic carbocycles. The van der Waals surface area contributed by atoms with E-state index in [1.54, 1.807) is 0 Å². The number of urea groups is 1. The minimum Gasteiger partial charge on any atom is -0.374 e. The summed E-state index contributed by atoms with van der Waals surface area (Å²) in [5.74, 6) is 0. The topological polar surface area (TPSA) is 59.4 Å². The number of nitrogens with zero attached hydrogens (tertiary/aromatic N) is 3. The Morgan fingerprint density at radius 3 is 2.64 bits per heavy atom. The third kappa shape index (κ3) is 4.73. The van der Waals surface area contributed by atoms with E-state index in [9.17, 15) is 4.79 Å². The van der Waals surface area contributed by atoms with Crippen LogP contribution in [0, 0.1) is 0 Å². The van der Waals surface area contributed by atoms with Gasteiger partial charge in [-0.3, -0.25) is 4.68 Å². The summed E-state index contributed by atoms with van der Waals surface area (Å²) in [6.07, 6.45) is 6.05. The van der Waals surface area contributed by atoms with Crippen LogP contribution in [0.3, 0.4) is 0 Å². The van der Waals surface area contributed by atoms with Crippen LogP contribution in [-0.4, -0.2) is 45.9 Å². The van der Waals surface area contributed by atoms with Gasteiger partial charge in [0.15, 0.2) is 0 Å². The highest BCUT2D eigenvalue weighted by molar-refractivity contribution is 5.74. The third-order valence-corrected chi connectivity index (χ3v) is 3.78. The predicted molar refractivity (Wildman–Crippen MR) is 85.7 cm³/mol. The molecule has 1 aromatic heterocycles. The highest BCUT2D eigenvalue weighted by Crippen LogP contribution is 2.22. The van der Waals surface area contributed by atoms with Crippen LogP contribution in [0.25, 0.3) is 0 Å². The molecule has 1 aromatic rings. The van der Waals surface area contributed by atoms with E-state index >= 15 is 0 Å². The zero-order valence-corrected chi connectivity index (χ0v) is 14.1. The van der Waals surface area contributed by atoms with Crippen LogP contribution in [0.5, 0.6) is 0 Å². The SMILES string of the molecule is CC(C)NC(=O)N1CCC(n2cc(COC(C)C)cn2)CC1. The smallest absolute Gasteiger partial charge is 0.317 e. The lowest BCUT2D eigenvalue weighted by molar-refractivity contribution is 0.0656. The molecule has 2 heterocycles. The van der Waals surface area contributed by atoms with Crippen LogP contribution in [-0.2, 0) is 11.3 Å². The van der Waals surface area contributed by atoms with Crippen LogP contribution in [0.4, 0.5) is 4.79 Å². The van der Waals surface area contributed by atoms with Crippen molar-refractivity contribution < 1.29 is 9.53 Å². The van der Waals surface area contributed by atoms with Gasteiger partial charge in [0, 0.05) is 30.9 Å². The molecule has 0 unspecified atom stereocenters. The van der Waals surface area contributed by atoms with Gasteiger partial charge in [0.05, 0.1) is 24.9 Å². The fourth-order valence-corrected chi connectivity index (χ4v) is 2.59. The Kier molecular flexibility index (Phi) is 5.83. The highest BCUT2D eigenvalue weighted by atomic mass is 16.5. The van der Waals surface area contributed by atoms with Crippen molar-refractivity contribution >= 4 is 6.03 Å². The van der Waals surface area contributed by atoms with Gasteiger partial charge in [-0.05, 0) is 40.5 Å². The van der Waals surface area contributed by atoms with Crippen molar-refractivity contribution in [1.29, 1.82) is 0 Å². The molecule has 0 aromatic carbocycles. The maximum atomic E-state index is 12.0. The zero-order chi connectivity index (χ0) is 16.1. The molecule has 6 heteroatoms. The highest BCUT2D eigenvalue weighted by Gasteiger charge is 2.24. The number of likely N-dealkylation sites (tertiary alicyclic amines) is 1. The Morgan fingerprint density at radius 2 is 2.05 bits per heavy atom. The van der Waals surface area contributed by atoms with Crippen molar-refractivity contribution in [3.63, 3.8) is 0 Å². The standard InChI is InChI=1S/C16H28N4O2/c1-12(2)18-16(21)19-7-5-15(6-8-19)20-10-14(9-17-20)11-22-13(3)4/h9-10,12-13,15H,5-8,11H2,1-4H3,(H,18,21). The lowest BCUT2D eigenvalue weighted by Crippen LogP contribution is -2.46. The number of hydrogen-bond donors (Lipinski definition) is 1. The quantitative estimate of drug-likeness (QED) is 0.909. The molecule has 0 radical (unpaired) electrons. The number of rotatable bonds is 5. The second-order valence-electron chi connectivity index (χ2n) is 6.51. The van der Waals surface area contributed by atoms with Gasteiger partial charge in [-0.15, -0.1) is 0 Å². The Morgan fingerprint density at radius 1 is 1.36 bits per heavy atom. The largest absolute Gasteiger partial charge is 0.374 e. The Labute approximate surface area is 132 Å². The second kappa shape index (κ2) is 7.63. The Balaban J connectivity index is 1.82. The molecule has 1 saturated heterocycles. The first-order valence-corrected chi connectivity index (χ1v) is 8.15. The molecule has 0 atom stereocenters. The first-order chi connectivity index (χ1) is 10.5. The number of carbonyl (C=O) groups is 1. The van der Waals surface area contributed by atoms with Crippen molar-refractivity contribution in [1.82, 2.24) is 20.0 Å². The molecule has 2 rings (SSSR count). The van der Waals surface area contributed by atoms with Crippen molar-refractivity contribution in [2.24, 2.45) is 0 Å². The van der Waals surface area contributed by atoms with Gasteiger partial charge in [0.25, 0.3) is 0 Å². The Bertz CT molecular complexity index is 476. The molecule has 2 amide bonds. The summed E-state index contributed by atoms with van der Waals surface area (Å²) < 4.78 is 7.62. The van der Waals surface area contributed by atoms with Crippen molar-refractivity contribution in [3.05, 3.63) is 18.0 Å². The summed E-state index contributed by atoms with van der Waals surface area (Å²) in [6.45, 7) is 10.2. The van der Waals surface area contributed by atoms with Gasteiger partial charge in [-0.1, -0.05) is 0 Å². The molecular weight excluding hydrogens is 280 g/mol. The van der Waals surface area contributed by atoms with Crippen molar-refractivity contribution in [2.45, 2.75) is 65.3 Å². The molecule has 0 bridgehead atoms. The summed E-state index contributed by atoms with van der Waals surface area (Å²) >= 11 is 0. The second-order valence-corrected chi connectivity index (χ2v) is 6.51. The van der Waals surface area contributed by atoms with E-state index in [0.717, 1.165) is 31.5 Å². The zero-order valence-electron chi connectivity index (χ0n) is 14.1. The molecule has 22 heavy (non-hydrogen) atoms. The molecule has 1 fully saturated rings. The van der Waals surface area contributed by atoms with Gasteiger partial charge in [0.2, 0.25) is 0 Å². The summed E-state index contributed by atoms with van der Waals surface area (Å²) in [5, 5.41) is 7.40. The maximum Gasteiger partial charge on any atom is 0.317 e. The molecule has 0 spiro atoms. The first-order valence-electron chi connectivity index (χ1n) is 8.15. The fraction of sp³-hybridized carbons (Fsp3) is 0.750. The van der Waals surface area contributed by atoms with Crippen molar-refractivity contribution in [2.75, 3.05) is 13.1 Å². The van der Waals surface area contributed by atoms with E-state index in [0.29, 0.717) is 12.6 Å². The van der Waals surface area contributed by atoms with Gasteiger partial charge in [-0.2, -0.15) is 5.10 Å². The number of hydrogen-bond acceptors (Lipinski definition) is 3. The predicted octanol–water partition coefficient (Wildman–Crippen LogP) is 2.56. The summed E-state index contributed by atoms with van der Waals surface area (Å²) in [6, 6.07) is 0.593.